The Balaban J connectivity index is 1.62. The first-order valence-corrected chi connectivity index (χ1v) is 9.26. The molecule has 0 saturated heterocycles. The number of anilines is 1. The third-order valence-electron chi connectivity index (χ3n) is 5.44. The van der Waals surface area contributed by atoms with Gasteiger partial charge in [-0.25, -0.2) is 0 Å². The van der Waals surface area contributed by atoms with Crippen LogP contribution in [0.4, 0.5) is 5.95 Å². The van der Waals surface area contributed by atoms with Gasteiger partial charge >= 0.3 is 0 Å². The minimum atomic E-state index is -0.445. The minimum Gasteiger partial charge on any atom is -0.507 e. The predicted octanol–water partition coefficient (Wildman–Crippen LogP) is 2.14. The van der Waals surface area contributed by atoms with E-state index in [0.29, 0.717) is 17.4 Å². The van der Waals surface area contributed by atoms with Crippen molar-refractivity contribution in [2.45, 2.75) is 56.6 Å². The molecule has 0 unspecified atom stereocenters. The summed E-state index contributed by atoms with van der Waals surface area (Å²) >= 11 is 0. The molecule has 2 atom stereocenters. The first-order valence-electron chi connectivity index (χ1n) is 9.26. The molecule has 0 spiro atoms. The van der Waals surface area contributed by atoms with Crippen LogP contribution in [0.3, 0.4) is 0 Å². The maximum Gasteiger partial charge on any atom is 0.281 e. The van der Waals surface area contributed by atoms with E-state index in [1.54, 1.807) is 19.2 Å². The van der Waals surface area contributed by atoms with Gasteiger partial charge in [0.25, 0.3) is 5.56 Å². The second kappa shape index (κ2) is 6.72. The van der Waals surface area contributed by atoms with Crippen molar-refractivity contribution in [3.63, 3.8) is 0 Å². The van der Waals surface area contributed by atoms with Gasteiger partial charge in [-0.15, -0.1) is 10.2 Å². The van der Waals surface area contributed by atoms with Gasteiger partial charge in [-0.1, -0.05) is 18.9 Å². The van der Waals surface area contributed by atoms with E-state index >= 15 is 0 Å². The number of aliphatic hydroxyl groups is 1. The summed E-state index contributed by atoms with van der Waals surface area (Å²) in [6.45, 7) is 0. The average Bonchev–Trinajstić information content (AvgIpc) is 3.47. The molecule has 0 radical (unpaired) electrons. The molecule has 0 amide bonds. The van der Waals surface area contributed by atoms with Crippen LogP contribution in [0.2, 0.25) is 0 Å². The number of hydrogen-bond acceptors (Lipinski definition) is 6. The summed E-state index contributed by atoms with van der Waals surface area (Å²) in [6.07, 6.45) is 5.48. The van der Waals surface area contributed by atoms with Gasteiger partial charge in [0.15, 0.2) is 5.69 Å². The van der Waals surface area contributed by atoms with Gasteiger partial charge in [-0.3, -0.25) is 9.36 Å². The molecule has 2 fully saturated rings. The SMILES string of the molecule is Cn1c(N[C@@H]2CCCC[C@H]2O)nnc(-c2ccc(C3CC3)cc2O)c1=O. The molecular formula is C19H24N4O3. The highest BCUT2D eigenvalue weighted by Crippen LogP contribution is 2.42. The van der Waals surface area contributed by atoms with Gasteiger partial charge in [0.2, 0.25) is 5.95 Å². The molecule has 0 bridgehead atoms. The first kappa shape index (κ1) is 17.0. The van der Waals surface area contributed by atoms with Crippen molar-refractivity contribution in [2.75, 3.05) is 5.32 Å². The number of aromatic nitrogens is 3. The molecule has 2 aliphatic rings. The summed E-state index contributed by atoms with van der Waals surface area (Å²) in [5.41, 5.74) is 1.29. The number of phenols is 1. The number of rotatable bonds is 4. The van der Waals surface area contributed by atoms with E-state index in [4.69, 9.17) is 0 Å². The Bertz CT molecular complexity index is 876. The first-order chi connectivity index (χ1) is 12.5. The van der Waals surface area contributed by atoms with E-state index in [0.717, 1.165) is 44.1 Å². The number of hydrogen-bond donors (Lipinski definition) is 3. The second-order valence-corrected chi connectivity index (χ2v) is 7.39. The molecule has 2 aromatic rings. The number of aromatic hydroxyl groups is 1. The van der Waals surface area contributed by atoms with Crippen molar-refractivity contribution in [1.82, 2.24) is 14.8 Å². The van der Waals surface area contributed by atoms with Crippen LogP contribution in [-0.4, -0.2) is 37.1 Å². The predicted molar refractivity (Wildman–Crippen MR) is 98.2 cm³/mol. The van der Waals surface area contributed by atoms with Crippen LogP contribution < -0.4 is 10.9 Å². The molecule has 4 rings (SSSR count). The summed E-state index contributed by atoms with van der Waals surface area (Å²) in [6, 6.07) is 5.28. The maximum absolute atomic E-state index is 12.7. The zero-order valence-corrected chi connectivity index (χ0v) is 14.9. The fourth-order valence-electron chi connectivity index (χ4n) is 3.62. The van der Waals surface area contributed by atoms with Crippen molar-refractivity contribution < 1.29 is 10.2 Å². The number of benzene rings is 1. The Kier molecular flexibility index (Phi) is 4.40. The third-order valence-corrected chi connectivity index (χ3v) is 5.44. The number of phenolic OH excluding ortho intramolecular Hbond substituents is 1. The Labute approximate surface area is 151 Å². The Hall–Kier alpha value is -2.41. The molecule has 1 heterocycles. The van der Waals surface area contributed by atoms with E-state index in [2.05, 4.69) is 15.5 Å². The summed E-state index contributed by atoms with van der Waals surface area (Å²) in [7, 11) is 1.62. The van der Waals surface area contributed by atoms with Gasteiger partial charge in [0.1, 0.15) is 5.75 Å². The quantitative estimate of drug-likeness (QED) is 0.776. The largest absolute Gasteiger partial charge is 0.507 e. The average molecular weight is 356 g/mol. The molecule has 1 aromatic carbocycles. The van der Waals surface area contributed by atoms with Crippen LogP contribution in [0.15, 0.2) is 23.0 Å². The summed E-state index contributed by atoms with van der Waals surface area (Å²) < 4.78 is 1.39. The molecule has 26 heavy (non-hydrogen) atoms. The van der Waals surface area contributed by atoms with Crippen molar-refractivity contribution in [1.29, 1.82) is 0 Å². The lowest BCUT2D eigenvalue weighted by Gasteiger charge is -2.28. The lowest BCUT2D eigenvalue weighted by Crippen LogP contribution is -2.38. The van der Waals surface area contributed by atoms with Crippen LogP contribution >= 0.6 is 0 Å². The minimum absolute atomic E-state index is 0.0595. The van der Waals surface area contributed by atoms with Crippen LogP contribution in [-0.2, 0) is 7.05 Å². The Morgan fingerprint density at radius 3 is 2.62 bits per heavy atom. The van der Waals surface area contributed by atoms with Crippen LogP contribution in [0, 0.1) is 0 Å². The normalized spacial score (nSPS) is 23.0. The molecule has 7 nitrogen and oxygen atoms in total. The monoisotopic (exact) mass is 356 g/mol. The van der Waals surface area contributed by atoms with E-state index in [1.165, 1.54) is 4.57 Å². The molecule has 3 N–H and O–H groups in total. The smallest absolute Gasteiger partial charge is 0.281 e. The summed E-state index contributed by atoms with van der Waals surface area (Å²) in [4.78, 5) is 12.7. The van der Waals surface area contributed by atoms with E-state index in [1.807, 2.05) is 6.07 Å². The van der Waals surface area contributed by atoms with Crippen LogP contribution in [0.5, 0.6) is 5.75 Å². The van der Waals surface area contributed by atoms with Gasteiger partial charge in [-0.2, -0.15) is 0 Å². The number of nitrogens with zero attached hydrogens (tertiary/aromatic N) is 3. The highest BCUT2D eigenvalue weighted by Gasteiger charge is 2.26. The topological polar surface area (TPSA) is 100 Å². The Morgan fingerprint density at radius 2 is 1.92 bits per heavy atom. The Morgan fingerprint density at radius 1 is 1.15 bits per heavy atom. The molecule has 7 heteroatoms. The van der Waals surface area contributed by atoms with Crippen molar-refractivity contribution in [3.05, 3.63) is 34.1 Å². The van der Waals surface area contributed by atoms with E-state index in [9.17, 15) is 15.0 Å². The van der Waals surface area contributed by atoms with Crippen molar-refractivity contribution >= 4 is 5.95 Å². The van der Waals surface area contributed by atoms with Crippen LogP contribution in [0.1, 0.15) is 50.0 Å². The highest BCUT2D eigenvalue weighted by atomic mass is 16.3. The van der Waals surface area contributed by atoms with Gasteiger partial charge in [0.05, 0.1) is 12.1 Å². The summed E-state index contributed by atoms with van der Waals surface area (Å²) in [5, 5.41) is 31.8. The molecule has 1 aromatic heterocycles. The molecule has 138 valence electrons. The second-order valence-electron chi connectivity index (χ2n) is 7.39. The van der Waals surface area contributed by atoms with E-state index < -0.39 is 6.10 Å². The van der Waals surface area contributed by atoms with Crippen LogP contribution in [0.25, 0.3) is 11.3 Å². The van der Waals surface area contributed by atoms with E-state index in [-0.39, 0.29) is 23.0 Å². The standard InChI is InChI=1S/C19H24N4O3/c1-23-18(26)17(13-9-8-12(10-16(13)25)11-6-7-11)21-22-19(23)20-14-4-2-3-5-15(14)24/h8-11,14-15,24-25H,2-7H2,1H3,(H,20,22)/t14-,15-/m1/s1. The fourth-order valence-corrected chi connectivity index (χ4v) is 3.62. The van der Waals surface area contributed by atoms with Crippen molar-refractivity contribution in [3.8, 4) is 17.0 Å². The molecule has 0 aliphatic heterocycles. The lowest BCUT2D eigenvalue weighted by atomic mass is 9.93. The lowest BCUT2D eigenvalue weighted by molar-refractivity contribution is 0.116. The molecule has 2 aliphatic carbocycles. The molecular weight excluding hydrogens is 332 g/mol. The number of nitrogens with one attached hydrogen (secondary N) is 1. The zero-order chi connectivity index (χ0) is 18.3. The van der Waals surface area contributed by atoms with Gasteiger partial charge in [0, 0.05) is 12.6 Å². The fraction of sp³-hybridized carbons (Fsp3) is 0.526. The van der Waals surface area contributed by atoms with Crippen molar-refractivity contribution in [2.24, 2.45) is 7.05 Å². The highest BCUT2D eigenvalue weighted by molar-refractivity contribution is 5.67. The van der Waals surface area contributed by atoms with Gasteiger partial charge in [-0.05, 0) is 49.3 Å². The summed E-state index contributed by atoms with van der Waals surface area (Å²) in [5.74, 6) is 0.917. The zero-order valence-electron chi connectivity index (χ0n) is 14.9. The molecule has 2 saturated carbocycles. The maximum atomic E-state index is 12.7. The van der Waals surface area contributed by atoms with Gasteiger partial charge < -0.3 is 15.5 Å². The third kappa shape index (κ3) is 3.19. The number of aliphatic hydroxyl groups excluding tert-OH is 1.